The summed E-state index contributed by atoms with van der Waals surface area (Å²) in [4.78, 5) is 0.601. The predicted molar refractivity (Wildman–Crippen MR) is 60.9 cm³/mol. The van der Waals surface area contributed by atoms with Crippen LogP contribution in [0, 0.1) is 0 Å². The van der Waals surface area contributed by atoms with Gasteiger partial charge in [0.2, 0.25) is 0 Å². The van der Waals surface area contributed by atoms with Crippen LogP contribution in [0.15, 0.2) is 17.0 Å². The van der Waals surface area contributed by atoms with Gasteiger partial charge in [-0.05, 0) is 12.1 Å². The zero-order valence-electron chi connectivity index (χ0n) is 10.2. The molecule has 2 N–H and O–H groups in total. The monoisotopic (exact) mass is 380 g/mol. The summed E-state index contributed by atoms with van der Waals surface area (Å²) in [7, 11) is -9.59. The maximum atomic E-state index is 10.8. The number of hydrogen-bond acceptors (Lipinski definition) is 7. The molecule has 0 aliphatic carbocycles. The van der Waals surface area contributed by atoms with Crippen LogP contribution < -0.4 is 69.4 Å². The van der Waals surface area contributed by atoms with E-state index < -0.39 is 30.3 Å². The molecule has 0 spiro atoms. The first-order chi connectivity index (χ1) is 8.00. The van der Waals surface area contributed by atoms with Gasteiger partial charge in [0.25, 0.3) is 0 Å². The van der Waals surface area contributed by atoms with Crippen molar-refractivity contribution in [3.63, 3.8) is 0 Å². The van der Waals surface area contributed by atoms with Crippen LogP contribution in [0.3, 0.4) is 0 Å². The quantitative estimate of drug-likeness (QED) is 0.301. The molecule has 1 aromatic rings. The van der Waals surface area contributed by atoms with E-state index in [1.807, 2.05) is 5.43 Å². The predicted octanol–water partition coefficient (Wildman–Crippen LogP) is -5.72. The zero-order valence-corrected chi connectivity index (χ0v) is 17.3. The fourth-order valence-electron chi connectivity index (χ4n) is 0.933. The summed E-state index contributed by atoms with van der Waals surface area (Å²) in [5.74, 6) is 0. The van der Waals surface area contributed by atoms with E-state index in [1.54, 1.807) is 0 Å². The van der Waals surface area contributed by atoms with Crippen LogP contribution in [-0.2, 0) is 20.4 Å². The van der Waals surface area contributed by atoms with Crippen LogP contribution in [0.4, 0.5) is 5.69 Å². The van der Waals surface area contributed by atoms with E-state index in [4.69, 9.17) is 23.2 Å². The van der Waals surface area contributed by atoms with Gasteiger partial charge in [0.1, 0.15) is 10.1 Å². The Balaban J connectivity index is 0. The van der Waals surface area contributed by atoms with Crippen LogP contribution in [0.25, 0.3) is 0 Å². The van der Waals surface area contributed by atoms with Crippen LogP contribution in [0.1, 0.15) is 0 Å². The molecule has 0 saturated heterocycles. The first-order valence-electron chi connectivity index (χ1n) is 3.94. The molecule has 0 aliphatic heterocycles. The molecule has 1 aromatic carbocycles. The molecule has 0 saturated carbocycles. The normalized spacial score (nSPS) is 11.2. The molecular formula is C6H4Cl2N2Na2O6S2. The van der Waals surface area contributed by atoms with Crippen molar-refractivity contribution < 1.29 is 85.1 Å². The number of hydrogen-bond donors (Lipinski definition) is 2. The molecule has 8 nitrogen and oxygen atoms in total. The van der Waals surface area contributed by atoms with Gasteiger partial charge < -0.3 is 14.5 Å². The number of hydrazine groups is 1. The molecule has 0 aromatic heterocycles. The van der Waals surface area contributed by atoms with Gasteiger partial charge in [-0.25, -0.2) is 16.8 Å². The summed E-state index contributed by atoms with van der Waals surface area (Å²) in [6.07, 6.45) is 0. The molecule has 0 radical (unpaired) electrons. The number of halogens is 2. The minimum Gasteiger partial charge on any atom is -0.744 e. The molecule has 0 aliphatic rings. The average molecular weight is 381 g/mol. The summed E-state index contributed by atoms with van der Waals surface area (Å²) in [6, 6.07) is 1.61. The van der Waals surface area contributed by atoms with Crippen molar-refractivity contribution in [3.05, 3.63) is 22.2 Å². The average Bonchev–Trinajstić information content (AvgIpc) is 2.15. The van der Waals surface area contributed by atoms with E-state index in [1.165, 1.54) is 4.83 Å². The standard InChI is InChI=1S/C6H6Cl2N2O6S2.2Na/c7-3-2-6(17(11,12)13)4(8)1-5(3)9-10-18(14,15)16;;/h1-2,9-10H,(H,11,12,13)(H,14,15,16);;/q;2*+1/p-2. The molecule has 102 valence electrons. The second kappa shape index (κ2) is 8.87. The van der Waals surface area contributed by atoms with E-state index in [-0.39, 0.29) is 69.8 Å². The van der Waals surface area contributed by atoms with Crippen molar-refractivity contribution in [1.82, 2.24) is 4.83 Å². The summed E-state index contributed by atoms with van der Waals surface area (Å²) in [6.45, 7) is 0. The van der Waals surface area contributed by atoms with Gasteiger partial charge in [0, 0.05) is 0 Å². The maximum Gasteiger partial charge on any atom is 1.00 e. The Bertz CT molecular complexity index is 681. The largest absolute Gasteiger partial charge is 1.00 e. The fourth-order valence-corrected chi connectivity index (χ4v) is 2.45. The Morgan fingerprint density at radius 1 is 0.950 bits per heavy atom. The minimum atomic E-state index is -4.81. The second-order valence-corrected chi connectivity index (χ2v) is 6.17. The van der Waals surface area contributed by atoms with Crippen LogP contribution in [0.5, 0.6) is 0 Å². The number of rotatable bonds is 4. The third kappa shape index (κ3) is 7.58. The van der Waals surface area contributed by atoms with Gasteiger partial charge in [0.05, 0.1) is 20.6 Å². The molecule has 1 rings (SSSR count). The second-order valence-electron chi connectivity index (χ2n) is 2.90. The van der Waals surface area contributed by atoms with Gasteiger partial charge in [-0.3, -0.25) is 0 Å². The molecular weight excluding hydrogens is 377 g/mol. The van der Waals surface area contributed by atoms with E-state index in [0.717, 1.165) is 12.1 Å². The van der Waals surface area contributed by atoms with Gasteiger partial charge in [0.15, 0.2) is 10.3 Å². The van der Waals surface area contributed by atoms with Gasteiger partial charge in [-0.1, -0.05) is 23.2 Å². The third-order valence-electron chi connectivity index (χ3n) is 1.60. The SMILES string of the molecule is O=S(=O)([O-])NNc1cc(Cl)c(S(=O)(=O)[O-])cc1Cl.[Na+].[Na+]. The molecule has 0 amide bonds. The minimum absolute atomic E-state index is 0. The Morgan fingerprint density at radius 3 is 1.85 bits per heavy atom. The van der Waals surface area contributed by atoms with Crippen molar-refractivity contribution in [2.45, 2.75) is 4.90 Å². The topological polar surface area (TPSA) is 138 Å². The third-order valence-corrected chi connectivity index (χ3v) is 3.57. The van der Waals surface area contributed by atoms with Crippen molar-refractivity contribution in [2.75, 3.05) is 5.43 Å². The summed E-state index contributed by atoms with van der Waals surface area (Å²) in [5, 5.41) is -0.785. The number of nitrogens with one attached hydrogen (secondary N) is 2. The van der Waals surface area contributed by atoms with E-state index in [0.29, 0.717) is 0 Å². The number of benzene rings is 1. The molecule has 0 atom stereocenters. The molecule has 0 fully saturated rings. The van der Waals surface area contributed by atoms with Crippen LogP contribution in [0.2, 0.25) is 10.0 Å². The summed E-state index contributed by atoms with van der Waals surface area (Å²) >= 11 is 11.1. The van der Waals surface area contributed by atoms with Crippen LogP contribution in [-0.4, -0.2) is 25.9 Å². The van der Waals surface area contributed by atoms with Crippen molar-refractivity contribution in [1.29, 1.82) is 0 Å². The Labute approximate surface area is 169 Å². The number of anilines is 1. The first-order valence-corrected chi connectivity index (χ1v) is 7.51. The molecule has 0 unspecified atom stereocenters. The van der Waals surface area contributed by atoms with E-state index in [2.05, 4.69) is 0 Å². The van der Waals surface area contributed by atoms with Crippen molar-refractivity contribution in [2.24, 2.45) is 0 Å². The van der Waals surface area contributed by atoms with Crippen molar-refractivity contribution >= 4 is 49.3 Å². The molecule has 14 heteroatoms. The Morgan fingerprint density at radius 2 is 1.45 bits per heavy atom. The molecule has 0 bridgehead atoms. The van der Waals surface area contributed by atoms with Crippen LogP contribution >= 0.6 is 23.2 Å². The van der Waals surface area contributed by atoms with Crippen molar-refractivity contribution in [3.8, 4) is 0 Å². The van der Waals surface area contributed by atoms with Gasteiger partial charge in [-0.2, -0.15) is 0 Å². The zero-order chi connectivity index (χ0) is 14.1. The maximum absolute atomic E-state index is 10.8. The summed E-state index contributed by atoms with van der Waals surface area (Å²) < 4.78 is 63.1. The smallest absolute Gasteiger partial charge is 0.744 e. The first kappa shape index (κ1) is 23.6. The molecule has 20 heavy (non-hydrogen) atoms. The van der Waals surface area contributed by atoms with Gasteiger partial charge >= 0.3 is 59.1 Å². The Hall–Kier alpha value is 1.38. The molecule has 0 heterocycles. The summed E-state index contributed by atoms with van der Waals surface area (Å²) in [5.41, 5.74) is 1.72. The fraction of sp³-hybridized carbons (Fsp3) is 0. The Kier molecular flexibility index (Phi) is 10.5. The van der Waals surface area contributed by atoms with E-state index in [9.17, 15) is 25.9 Å². The van der Waals surface area contributed by atoms with Gasteiger partial charge in [-0.15, -0.1) is 4.83 Å². The van der Waals surface area contributed by atoms with E-state index >= 15 is 0 Å².